The number of halogens is 3. The molecule has 0 bridgehead atoms. The zero-order valence-electron chi connectivity index (χ0n) is 17.3. The van der Waals surface area contributed by atoms with Crippen molar-refractivity contribution in [3.8, 4) is 11.1 Å². The van der Waals surface area contributed by atoms with Crippen molar-refractivity contribution >= 4 is 11.9 Å². The molecule has 0 fully saturated rings. The van der Waals surface area contributed by atoms with Gasteiger partial charge in [-0.25, -0.2) is 13.2 Å². The van der Waals surface area contributed by atoms with Crippen LogP contribution in [0.1, 0.15) is 22.6 Å². The molecular formula is C25H20F3NO4. The molecule has 3 N–H and O–H groups in total. The fraction of sp³-hybridized carbons (Fsp3) is 0.200. The Morgan fingerprint density at radius 1 is 0.909 bits per heavy atom. The van der Waals surface area contributed by atoms with Crippen molar-refractivity contribution < 1.29 is 32.6 Å². The van der Waals surface area contributed by atoms with Crippen LogP contribution in [0.4, 0.5) is 13.2 Å². The quantitative estimate of drug-likeness (QED) is 0.319. The highest BCUT2D eigenvalue weighted by atomic mass is 19.2. The van der Waals surface area contributed by atoms with Crippen molar-refractivity contribution in [1.82, 2.24) is 0 Å². The molecular weight excluding hydrogens is 435 g/mol. The van der Waals surface area contributed by atoms with Gasteiger partial charge in [0.05, 0.1) is 0 Å². The number of fused-ring (bicyclic) bond motifs is 3. The molecule has 1 aliphatic carbocycles. The predicted octanol–water partition coefficient (Wildman–Crippen LogP) is 4.03. The van der Waals surface area contributed by atoms with Crippen molar-refractivity contribution in [3.63, 3.8) is 0 Å². The number of rotatable bonds is 7. The number of esters is 1. The van der Waals surface area contributed by atoms with Gasteiger partial charge in [0, 0.05) is 18.0 Å². The molecule has 5 nitrogen and oxygen atoms in total. The monoisotopic (exact) mass is 455 g/mol. The van der Waals surface area contributed by atoms with Gasteiger partial charge in [0.25, 0.3) is 0 Å². The van der Waals surface area contributed by atoms with Crippen molar-refractivity contribution in [2.75, 3.05) is 6.61 Å². The zero-order chi connectivity index (χ0) is 23.7. The number of hydrogen-bond donors (Lipinski definition) is 2. The van der Waals surface area contributed by atoms with E-state index in [1.807, 2.05) is 48.5 Å². The van der Waals surface area contributed by atoms with E-state index in [-0.39, 0.29) is 18.1 Å². The molecule has 0 aromatic heterocycles. The maximum atomic E-state index is 14.0. The number of benzene rings is 3. The Bertz CT molecular complexity index is 1180. The van der Waals surface area contributed by atoms with Gasteiger partial charge in [-0.2, -0.15) is 0 Å². The summed E-state index contributed by atoms with van der Waals surface area (Å²) in [4.78, 5) is 24.5. The highest BCUT2D eigenvalue weighted by Gasteiger charge is 2.36. The standard InChI is InChI=1S/C25H20F3NO4/c26-19-11-21(28)20(27)9-13(19)10-22(29)23(24(30)31)25(32)33-12-18-16-7-3-1-5-14(16)15-6-2-4-8-17(15)18/h1-9,11,18,22-23H,10,12,29H2,(H,30,31)/t22?,23-/m1/s1. The fourth-order valence-electron chi connectivity index (χ4n) is 4.25. The Labute approximate surface area is 187 Å². The van der Waals surface area contributed by atoms with Crippen molar-refractivity contribution in [2.45, 2.75) is 18.4 Å². The minimum absolute atomic E-state index is 0.108. The molecule has 2 atom stereocenters. The SMILES string of the molecule is NC(Cc1cc(F)c(F)cc1F)[C@H](C(=O)O)C(=O)OCC1c2ccccc2-c2ccccc21. The van der Waals surface area contributed by atoms with Crippen molar-refractivity contribution in [2.24, 2.45) is 11.7 Å². The highest BCUT2D eigenvalue weighted by molar-refractivity contribution is 5.95. The molecule has 0 radical (unpaired) electrons. The maximum absolute atomic E-state index is 14.0. The molecule has 0 aliphatic heterocycles. The number of hydrogen-bond acceptors (Lipinski definition) is 4. The molecule has 1 unspecified atom stereocenters. The second-order valence-electron chi connectivity index (χ2n) is 7.90. The summed E-state index contributed by atoms with van der Waals surface area (Å²) in [6.45, 7) is -0.108. The number of aliphatic carboxylic acids is 1. The van der Waals surface area contributed by atoms with E-state index in [1.54, 1.807) is 0 Å². The van der Waals surface area contributed by atoms with Crippen LogP contribution >= 0.6 is 0 Å². The average molecular weight is 455 g/mol. The van der Waals surface area contributed by atoms with Gasteiger partial charge < -0.3 is 15.6 Å². The molecule has 4 rings (SSSR count). The Morgan fingerprint density at radius 2 is 1.45 bits per heavy atom. The van der Waals surface area contributed by atoms with Crippen LogP contribution in [-0.2, 0) is 20.7 Å². The number of carbonyl (C=O) groups excluding carboxylic acids is 1. The topological polar surface area (TPSA) is 89.6 Å². The van der Waals surface area contributed by atoms with Crippen LogP contribution in [0.3, 0.4) is 0 Å². The van der Waals surface area contributed by atoms with E-state index in [0.29, 0.717) is 12.1 Å². The summed E-state index contributed by atoms with van der Waals surface area (Å²) in [5.74, 6) is -8.49. The zero-order valence-corrected chi connectivity index (χ0v) is 17.3. The number of carbonyl (C=O) groups is 2. The number of carboxylic acids is 1. The third kappa shape index (κ3) is 4.34. The molecule has 33 heavy (non-hydrogen) atoms. The van der Waals surface area contributed by atoms with Crippen LogP contribution in [0.25, 0.3) is 11.1 Å². The molecule has 0 heterocycles. The Balaban J connectivity index is 1.51. The third-order valence-corrected chi connectivity index (χ3v) is 5.85. The lowest BCUT2D eigenvalue weighted by Crippen LogP contribution is -2.43. The summed E-state index contributed by atoms with van der Waals surface area (Å²) in [6, 6.07) is 14.8. The molecule has 0 saturated heterocycles. The molecule has 0 amide bonds. The molecule has 8 heteroatoms. The summed E-state index contributed by atoms with van der Waals surface area (Å²) in [7, 11) is 0. The van der Waals surface area contributed by atoms with Crippen LogP contribution in [0, 0.1) is 23.4 Å². The Hall–Kier alpha value is -3.65. The lowest BCUT2D eigenvalue weighted by Gasteiger charge is -2.21. The normalized spacial score (nSPS) is 14.3. The van der Waals surface area contributed by atoms with Gasteiger partial charge in [-0.3, -0.25) is 9.59 Å². The summed E-state index contributed by atoms with van der Waals surface area (Å²) in [6.07, 6.45) is -0.496. The second kappa shape index (κ2) is 9.07. The van der Waals surface area contributed by atoms with Gasteiger partial charge in [0.15, 0.2) is 17.6 Å². The average Bonchev–Trinajstić information content (AvgIpc) is 3.09. The third-order valence-electron chi connectivity index (χ3n) is 5.85. The van der Waals surface area contributed by atoms with Crippen LogP contribution in [0.5, 0.6) is 0 Å². The first-order valence-electron chi connectivity index (χ1n) is 10.2. The van der Waals surface area contributed by atoms with E-state index in [9.17, 15) is 27.9 Å². The van der Waals surface area contributed by atoms with Crippen LogP contribution in [-0.4, -0.2) is 29.7 Å². The molecule has 3 aromatic carbocycles. The summed E-state index contributed by atoms with van der Waals surface area (Å²) < 4.78 is 46.0. The van der Waals surface area contributed by atoms with Gasteiger partial charge in [-0.1, -0.05) is 48.5 Å². The van der Waals surface area contributed by atoms with Gasteiger partial charge in [-0.05, 0) is 40.3 Å². The smallest absolute Gasteiger partial charge is 0.321 e. The Kier molecular flexibility index (Phi) is 6.20. The first kappa shape index (κ1) is 22.5. The lowest BCUT2D eigenvalue weighted by atomic mass is 9.93. The maximum Gasteiger partial charge on any atom is 0.321 e. The van der Waals surface area contributed by atoms with Gasteiger partial charge in [0.1, 0.15) is 12.4 Å². The molecule has 0 spiro atoms. The van der Waals surface area contributed by atoms with Gasteiger partial charge >= 0.3 is 11.9 Å². The van der Waals surface area contributed by atoms with Crippen molar-refractivity contribution in [3.05, 3.63) is 94.8 Å². The van der Waals surface area contributed by atoms with Crippen LogP contribution in [0.2, 0.25) is 0 Å². The minimum atomic E-state index is -1.82. The predicted molar refractivity (Wildman–Crippen MR) is 114 cm³/mol. The van der Waals surface area contributed by atoms with E-state index in [1.165, 1.54) is 0 Å². The minimum Gasteiger partial charge on any atom is -0.481 e. The summed E-state index contributed by atoms with van der Waals surface area (Å²) >= 11 is 0. The largest absolute Gasteiger partial charge is 0.481 e. The number of carboxylic acid groups (broad SMARTS) is 1. The molecule has 170 valence electrons. The summed E-state index contributed by atoms with van der Waals surface area (Å²) in [5.41, 5.74) is 9.47. The lowest BCUT2D eigenvalue weighted by molar-refractivity contribution is -0.159. The number of ether oxygens (including phenoxy) is 1. The van der Waals surface area contributed by atoms with E-state index in [2.05, 4.69) is 0 Å². The second-order valence-corrected chi connectivity index (χ2v) is 7.90. The van der Waals surface area contributed by atoms with Gasteiger partial charge in [0.2, 0.25) is 0 Å². The summed E-state index contributed by atoms with van der Waals surface area (Å²) in [5, 5.41) is 9.56. The van der Waals surface area contributed by atoms with E-state index >= 15 is 0 Å². The highest BCUT2D eigenvalue weighted by Crippen LogP contribution is 2.44. The molecule has 0 saturated carbocycles. The van der Waals surface area contributed by atoms with Crippen LogP contribution < -0.4 is 5.73 Å². The first-order chi connectivity index (χ1) is 15.8. The first-order valence-corrected chi connectivity index (χ1v) is 10.2. The number of nitrogens with two attached hydrogens (primary N) is 1. The van der Waals surface area contributed by atoms with Crippen molar-refractivity contribution in [1.29, 1.82) is 0 Å². The van der Waals surface area contributed by atoms with Crippen LogP contribution in [0.15, 0.2) is 60.7 Å². The fourth-order valence-corrected chi connectivity index (χ4v) is 4.25. The molecule has 3 aromatic rings. The van der Waals surface area contributed by atoms with E-state index < -0.39 is 47.8 Å². The Morgan fingerprint density at radius 3 is 2.03 bits per heavy atom. The van der Waals surface area contributed by atoms with E-state index in [0.717, 1.165) is 22.3 Å². The van der Waals surface area contributed by atoms with Gasteiger partial charge in [-0.15, -0.1) is 0 Å². The molecule has 1 aliphatic rings. The van der Waals surface area contributed by atoms with E-state index in [4.69, 9.17) is 10.5 Å².